The van der Waals surface area contributed by atoms with E-state index in [0.29, 0.717) is 10.9 Å². The van der Waals surface area contributed by atoms with Crippen molar-refractivity contribution < 1.29 is 9.59 Å². The molecule has 4 rings (SSSR count). The summed E-state index contributed by atoms with van der Waals surface area (Å²) in [7, 11) is 0. The van der Waals surface area contributed by atoms with Crippen LogP contribution in [-0.2, 0) is 24.2 Å². The summed E-state index contributed by atoms with van der Waals surface area (Å²) < 4.78 is 1.29. The summed E-state index contributed by atoms with van der Waals surface area (Å²) in [5, 5.41) is 0.637. The van der Waals surface area contributed by atoms with Crippen LogP contribution in [0.5, 0.6) is 0 Å². The second-order valence-electron chi connectivity index (χ2n) is 6.44. The van der Waals surface area contributed by atoms with Crippen LogP contribution in [0.25, 0.3) is 10.2 Å². The van der Waals surface area contributed by atoms with Gasteiger partial charge in [-0.25, -0.2) is 4.98 Å². The first-order chi connectivity index (χ1) is 13.1. The molecule has 0 spiro atoms. The number of nitrogens with one attached hydrogen (secondary N) is 2. The van der Waals surface area contributed by atoms with E-state index >= 15 is 0 Å². The Bertz CT molecular complexity index is 1070. The molecular weight excluding hydrogens is 364 g/mol. The Morgan fingerprint density at radius 1 is 1.11 bits per heavy atom. The highest BCUT2D eigenvalue weighted by molar-refractivity contribution is 7.18. The van der Waals surface area contributed by atoms with Crippen molar-refractivity contribution in [1.29, 1.82) is 0 Å². The summed E-state index contributed by atoms with van der Waals surface area (Å²) in [6.07, 6.45) is 5.47. The van der Waals surface area contributed by atoms with Crippen LogP contribution in [-0.4, -0.2) is 21.4 Å². The van der Waals surface area contributed by atoms with Crippen LogP contribution in [0.2, 0.25) is 0 Å². The van der Waals surface area contributed by atoms with E-state index in [9.17, 15) is 14.4 Å². The molecule has 2 aromatic heterocycles. The third kappa shape index (κ3) is 3.48. The van der Waals surface area contributed by atoms with Crippen molar-refractivity contribution in [3.63, 3.8) is 0 Å². The molecule has 0 radical (unpaired) electrons. The number of amides is 2. The molecule has 1 aromatic carbocycles. The number of nitrogens with zero attached hydrogens (tertiary/aromatic N) is 2. The summed E-state index contributed by atoms with van der Waals surface area (Å²) in [5.41, 5.74) is 6.00. The zero-order valence-corrected chi connectivity index (χ0v) is 15.3. The summed E-state index contributed by atoms with van der Waals surface area (Å²) in [6, 6.07) is 8.55. The molecule has 27 heavy (non-hydrogen) atoms. The number of fused-ring (bicyclic) bond motifs is 3. The van der Waals surface area contributed by atoms with Gasteiger partial charge in [0.15, 0.2) is 0 Å². The number of benzene rings is 1. The number of aromatic nitrogens is 2. The summed E-state index contributed by atoms with van der Waals surface area (Å²) in [6.45, 7) is -0.207. The Labute approximate surface area is 159 Å². The first-order valence-corrected chi connectivity index (χ1v) is 9.59. The smallest absolute Gasteiger partial charge is 0.269 e. The first kappa shape index (κ1) is 17.4. The standard InChI is InChI=1S/C19H18N4O3S/c24-15(21-22-17(25)12-6-2-1-3-7-12)10-23-11-20-18-16(19(23)26)13-8-4-5-9-14(13)27-18/h1-3,6-7,11H,4-5,8-10H2,(H,21,24)(H,22,25). The van der Waals surface area contributed by atoms with Gasteiger partial charge < -0.3 is 0 Å². The highest BCUT2D eigenvalue weighted by atomic mass is 32.1. The molecule has 0 aliphatic heterocycles. The lowest BCUT2D eigenvalue weighted by Crippen LogP contribution is -2.44. The second-order valence-corrected chi connectivity index (χ2v) is 7.52. The molecule has 0 unspecified atom stereocenters. The zero-order valence-electron chi connectivity index (χ0n) is 14.5. The van der Waals surface area contributed by atoms with E-state index in [1.54, 1.807) is 41.7 Å². The molecule has 0 fully saturated rings. The molecule has 2 heterocycles. The minimum absolute atomic E-state index is 0.205. The van der Waals surface area contributed by atoms with Crippen LogP contribution < -0.4 is 16.4 Å². The van der Waals surface area contributed by atoms with E-state index < -0.39 is 11.8 Å². The lowest BCUT2D eigenvalue weighted by Gasteiger charge is -2.11. The van der Waals surface area contributed by atoms with Crippen LogP contribution in [0.1, 0.15) is 33.6 Å². The maximum absolute atomic E-state index is 12.8. The van der Waals surface area contributed by atoms with Crippen molar-refractivity contribution in [1.82, 2.24) is 20.4 Å². The number of aryl methyl sites for hydroxylation is 2. The van der Waals surface area contributed by atoms with Gasteiger partial charge in [0.1, 0.15) is 11.4 Å². The van der Waals surface area contributed by atoms with E-state index in [1.807, 2.05) is 0 Å². The van der Waals surface area contributed by atoms with E-state index in [1.165, 1.54) is 15.8 Å². The Morgan fingerprint density at radius 3 is 2.70 bits per heavy atom. The van der Waals surface area contributed by atoms with Gasteiger partial charge in [-0.15, -0.1) is 11.3 Å². The molecule has 3 aromatic rings. The van der Waals surface area contributed by atoms with Gasteiger partial charge in [0.25, 0.3) is 17.4 Å². The zero-order chi connectivity index (χ0) is 18.8. The van der Waals surface area contributed by atoms with Crippen molar-refractivity contribution in [2.75, 3.05) is 0 Å². The Balaban J connectivity index is 1.48. The van der Waals surface area contributed by atoms with Crippen molar-refractivity contribution in [2.24, 2.45) is 0 Å². The lowest BCUT2D eigenvalue weighted by molar-refractivity contribution is -0.122. The molecule has 1 aliphatic rings. The number of hydrogen-bond donors (Lipinski definition) is 2. The Kier molecular flexibility index (Phi) is 4.72. The van der Waals surface area contributed by atoms with E-state index in [-0.39, 0.29) is 12.1 Å². The predicted octanol–water partition coefficient (Wildman–Crippen LogP) is 1.80. The number of hydrazine groups is 1. The topological polar surface area (TPSA) is 93.1 Å². The number of carbonyl (C=O) groups is 2. The van der Waals surface area contributed by atoms with Gasteiger partial charge in [-0.05, 0) is 43.4 Å². The Morgan fingerprint density at radius 2 is 1.89 bits per heavy atom. The highest BCUT2D eigenvalue weighted by Crippen LogP contribution is 2.33. The number of carbonyl (C=O) groups excluding carboxylic acids is 2. The fourth-order valence-electron chi connectivity index (χ4n) is 3.28. The van der Waals surface area contributed by atoms with Gasteiger partial charge in [0.05, 0.1) is 11.7 Å². The van der Waals surface area contributed by atoms with Gasteiger partial charge in [0, 0.05) is 10.4 Å². The molecule has 0 bridgehead atoms. The molecular formula is C19H18N4O3S. The molecule has 138 valence electrons. The molecule has 0 saturated carbocycles. The third-order valence-corrected chi connectivity index (χ3v) is 5.81. The quantitative estimate of drug-likeness (QED) is 0.676. The fourth-order valence-corrected chi connectivity index (χ4v) is 4.50. The van der Waals surface area contributed by atoms with E-state index in [4.69, 9.17) is 0 Å². The van der Waals surface area contributed by atoms with Gasteiger partial charge in [0.2, 0.25) is 0 Å². The predicted molar refractivity (Wildman–Crippen MR) is 103 cm³/mol. The summed E-state index contributed by atoms with van der Waals surface area (Å²) in [5.74, 6) is -0.914. The van der Waals surface area contributed by atoms with Crippen LogP contribution >= 0.6 is 11.3 Å². The Hall–Kier alpha value is -3.00. The summed E-state index contributed by atoms with van der Waals surface area (Å²) in [4.78, 5) is 43.3. The van der Waals surface area contributed by atoms with Crippen LogP contribution in [0.3, 0.4) is 0 Å². The van der Waals surface area contributed by atoms with E-state index in [0.717, 1.165) is 36.1 Å². The lowest BCUT2D eigenvalue weighted by atomic mass is 9.97. The SMILES string of the molecule is O=C(Cn1cnc2sc3c(c2c1=O)CCCC3)NNC(=O)c1ccccc1. The first-order valence-electron chi connectivity index (χ1n) is 8.77. The van der Waals surface area contributed by atoms with Crippen molar-refractivity contribution >= 4 is 33.4 Å². The third-order valence-electron chi connectivity index (χ3n) is 4.61. The van der Waals surface area contributed by atoms with Gasteiger partial charge >= 0.3 is 0 Å². The molecule has 0 atom stereocenters. The van der Waals surface area contributed by atoms with Crippen molar-refractivity contribution in [3.05, 3.63) is 63.0 Å². The number of hydrogen-bond acceptors (Lipinski definition) is 5. The minimum Gasteiger partial charge on any atom is -0.289 e. The largest absolute Gasteiger partial charge is 0.289 e. The molecule has 2 amide bonds. The highest BCUT2D eigenvalue weighted by Gasteiger charge is 2.20. The maximum atomic E-state index is 12.8. The average molecular weight is 382 g/mol. The minimum atomic E-state index is -0.494. The summed E-state index contributed by atoms with van der Waals surface area (Å²) >= 11 is 1.57. The molecule has 2 N–H and O–H groups in total. The molecule has 0 saturated heterocycles. The maximum Gasteiger partial charge on any atom is 0.269 e. The van der Waals surface area contributed by atoms with Gasteiger partial charge in [-0.3, -0.25) is 29.8 Å². The van der Waals surface area contributed by atoms with Crippen LogP contribution in [0.15, 0.2) is 41.5 Å². The van der Waals surface area contributed by atoms with Crippen LogP contribution in [0.4, 0.5) is 0 Å². The monoisotopic (exact) mass is 382 g/mol. The van der Waals surface area contributed by atoms with Crippen molar-refractivity contribution in [2.45, 2.75) is 32.2 Å². The van der Waals surface area contributed by atoms with Crippen molar-refractivity contribution in [3.8, 4) is 0 Å². The van der Waals surface area contributed by atoms with Gasteiger partial charge in [-0.1, -0.05) is 18.2 Å². The average Bonchev–Trinajstić information content (AvgIpc) is 3.08. The number of rotatable bonds is 3. The van der Waals surface area contributed by atoms with E-state index in [2.05, 4.69) is 15.8 Å². The number of thiophene rings is 1. The van der Waals surface area contributed by atoms with Crippen LogP contribution in [0, 0.1) is 0 Å². The van der Waals surface area contributed by atoms with Gasteiger partial charge in [-0.2, -0.15) is 0 Å². The molecule has 7 nitrogen and oxygen atoms in total. The normalized spacial score (nSPS) is 13.2. The fraction of sp³-hybridized carbons (Fsp3) is 0.263. The molecule has 1 aliphatic carbocycles. The molecule has 8 heteroatoms. The second kappa shape index (κ2) is 7.32.